The third-order valence-corrected chi connectivity index (χ3v) is 5.32. The topological polar surface area (TPSA) is 132 Å². The highest BCUT2D eigenvalue weighted by atomic mass is 19.1. The zero-order valence-corrected chi connectivity index (χ0v) is 16.4. The minimum Gasteiger partial charge on any atom is -0.454 e. The highest BCUT2D eigenvalue weighted by Gasteiger charge is 2.43. The van der Waals surface area contributed by atoms with E-state index in [2.05, 4.69) is 9.98 Å². The molecule has 0 amide bonds. The number of ether oxygens (including phenoxy) is 1. The van der Waals surface area contributed by atoms with E-state index < -0.39 is 22.2 Å². The molecule has 1 heterocycles. The third-order valence-electron chi connectivity index (χ3n) is 5.32. The van der Waals surface area contributed by atoms with E-state index in [1.54, 1.807) is 4.90 Å². The van der Waals surface area contributed by atoms with Crippen LogP contribution in [0.2, 0.25) is 0 Å². The van der Waals surface area contributed by atoms with Gasteiger partial charge < -0.3 is 16.2 Å². The van der Waals surface area contributed by atoms with Gasteiger partial charge in [-0.3, -0.25) is 15.0 Å². The quantitative estimate of drug-likeness (QED) is 0.560. The van der Waals surface area contributed by atoms with Gasteiger partial charge in [0.1, 0.15) is 17.2 Å². The van der Waals surface area contributed by atoms with E-state index in [4.69, 9.17) is 16.2 Å². The average Bonchev–Trinajstić information content (AvgIpc) is 2.70. The third kappa shape index (κ3) is 3.98. The fourth-order valence-electron chi connectivity index (χ4n) is 4.04. The standard InChI is InChI=1S/C20H20F2N6O3/c21-12-4-5-17(16(22)8-12)31-15-10-13(9-14(11-15)28(29)30)27-19(24)25-18(23)26-20(27)6-2-1-3-7-20/h4-5,8-11H,1-3,6-7H2,(H4,23,24,25,26). The van der Waals surface area contributed by atoms with Crippen molar-refractivity contribution in [1.82, 2.24) is 0 Å². The first kappa shape index (κ1) is 20.5. The lowest BCUT2D eigenvalue weighted by atomic mass is 9.87. The molecule has 2 aliphatic rings. The van der Waals surface area contributed by atoms with Crippen molar-refractivity contribution < 1.29 is 18.4 Å². The summed E-state index contributed by atoms with van der Waals surface area (Å²) < 4.78 is 32.8. The molecule has 11 heteroatoms. The molecule has 2 aromatic rings. The molecule has 1 saturated carbocycles. The molecular formula is C20H20F2N6O3. The summed E-state index contributed by atoms with van der Waals surface area (Å²) in [5, 5.41) is 11.6. The van der Waals surface area contributed by atoms with Crippen LogP contribution in [0.15, 0.2) is 46.4 Å². The van der Waals surface area contributed by atoms with E-state index in [1.165, 1.54) is 12.1 Å². The van der Waals surface area contributed by atoms with Gasteiger partial charge in [0.2, 0.25) is 11.9 Å². The van der Waals surface area contributed by atoms with Crippen molar-refractivity contribution in [1.29, 1.82) is 0 Å². The van der Waals surface area contributed by atoms with E-state index >= 15 is 0 Å². The highest BCUT2D eigenvalue weighted by molar-refractivity contribution is 6.05. The number of nitrogens with zero attached hydrogens (tertiary/aromatic N) is 4. The van der Waals surface area contributed by atoms with Gasteiger partial charge in [0.25, 0.3) is 5.69 Å². The first-order valence-electron chi connectivity index (χ1n) is 9.69. The van der Waals surface area contributed by atoms with Gasteiger partial charge in [-0.2, -0.15) is 4.99 Å². The maximum Gasteiger partial charge on any atom is 0.275 e. The molecule has 0 saturated heterocycles. The van der Waals surface area contributed by atoms with E-state index in [0.29, 0.717) is 24.6 Å². The molecule has 0 radical (unpaired) electrons. The average molecular weight is 430 g/mol. The van der Waals surface area contributed by atoms with Gasteiger partial charge in [0.05, 0.1) is 16.7 Å². The molecular weight excluding hydrogens is 410 g/mol. The Morgan fingerprint density at radius 3 is 2.52 bits per heavy atom. The number of nitro groups is 1. The number of rotatable bonds is 4. The number of hydrogen-bond acceptors (Lipinski definition) is 8. The Morgan fingerprint density at radius 1 is 1.10 bits per heavy atom. The number of nitro benzene ring substituents is 1. The number of halogens is 2. The summed E-state index contributed by atoms with van der Waals surface area (Å²) in [5.41, 5.74) is 11.2. The molecule has 9 nitrogen and oxygen atoms in total. The summed E-state index contributed by atoms with van der Waals surface area (Å²) in [6.07, 6.45) is 4.04. The summed E-state index contributed by atoms with van der Waals surface area (Å²) in [6, 6.07) is 6.75. The lowest BCUT2D eigenvalue weighted by Crippen LogP contribution is -2.58. The van der Waals surface area contributed by atoms with Gasteiger partial charge in [0.15, 0.2) is 11.6 Å². The maximum absolute atomic E-state index is 14.1. The van der Waals surface area contributed by atoms with E-state index in [1.807, 2.05) is 0 Å². The van der Waals surface area contributed by atoms with E-state index in [-0.39, 0.29) is 29.1 Å². The zero-order valence-electron chi connectivity index (χ0n) is 16.4. The van der Waals surface area contributed by atoms with Crippen LogP contribution < -0.4 is 21.1 Å². The van der Waals surface area contributed by atoms with Crippen molar-refractivity contribution in [2.45, 2.75) is 37.8 Å². The van der Waals surface area contributed by atoms with E-state index in [0.717, 1.165) is 37.5 Å². The van der Waals surface area contributed by atoms with Gasteiger partial charge in [0, 0.05) is 18.2 Å². The van der Waals surface area contributed by atoms with Crippen LogP contribution >= 0.6 is 0 Å². The predicted octanol–water partition coefficient (Wildman–Crippen LogP) is 3.78. The fourth-order valence-corrected chi connectivity index (χ4v) is 4.04. The second-order valence-electron chi connectivity index (χ2n) is 7.44. The molecule has 0 aromatic heterocycles. The second kappa shape index (κ2) is 7.82. The zero-order chi connectivity index (χ0) is 22.2. The molecule has 0 unspecified atom stereocenters. The van der Waals surface area contributed by atoms with Crippen LogP contribution in [0.4, 0.5) is 20.2 Å². The molecule has 162 valence electrons. The summed E-state index contributed by atoms with van der Waals surface area (Å²) in [7, 11) is 0. The Hall–Kier alpha value is -3.76. The minimum absolute atomic E-state index is 0.0176. The Kier molecular flexibility index (Phi) is 5.17. The van der Waals surface area contributed by atoms with Crippen molar-refractivity contribution in [3.05, 3.63) is 58.1 Å². The molecule has 4 N–H and O–H groups in total. The number of guanidine groups is 2. The first-order valence-corrected chi connectivity index (χ1v) is 9.69. The van der Waals surface area contributed by atoms with Crippen molar-refractivity contribution >= 4 is 23.3 Å². The molecule has 0 bridgehead atoms. The monoisotopic (exact) mass is 430 g/mol. The van der Waals surface area contributed by atoms with Crippen LogP contribution in [0.3, 0.4) is 0 Å². The highest BCUT2D eigenvalue weighted by Crippen LogP contribution is 2.42. The summed E-state index contributed by atoms with van der Waals surface area (Å²) in [6.45, 7) is 0. The number of anilines is 1. The molecule has 1 spiro atoms. The first-order chi connectivity index (χ1) is 14.8. The Balaban J connectivity index is 1.80. The van der Waals surface area contributed by atoms with Crippen LogP contribution in [0.1, 0.15) is 32.1 Å². The van der Waals surface area contributed by atoms with E-state index in [9.17, 15) is 18.9 Å². The summed E-state index contributed by atoms with van der Waals surface area (Å²) in [5.74, 6) is -1.90. The largest absolute Gasteiger partial charge is 0.454 e. The number of benzene rings is 2. The second-order valence-corrected chi connectivity index (χ2v) is 7.44. The summed E-state index contributed by atoms with van der Waals surface area (Å²) in [4.78, 5) is 21.1. The number of hydrogen-bond donors (Lipinski definition) is 2. The maximum atomic E-state index is 14.1. The molecule has 1 fully saturated rings. The molecule has 31 heavy (non-hydrogen) atoms. The molecule has 4 rings (SSSR count). The molecule has 0 atom stereocenters. The van der Waals surface area contributed by atoms with Crippen LogP contribution in [0.5, 0.6) is 11.5 Å². The van der Waals surface area contributed by atoms with Gasteiger partial charge in [-0.25, -0.2) is 13.8 Å². The number of non-ortho nitro benzene ring substituents is 1. The van der Waals surface area contributed by atoms with Crippen molar-refractivity contribution in [2.75, 3.05) is 4.90 Å². The smallest absolute Gasteiger partial charge is 0.275 e. The predicted molar refractivity (Wildman–Crippen MR) is 111 cm³/mol. The SMILES string of the molecule is NC1=NC2(CCCCC2)N(c2cc(Oc3ccc(F)cc3F)cc([N+](=O)[O-])c2)C(N)=N1. The number of nitrogens with two attached hydrogens (primary N) is 2. The van der Waals surface area contributed by atoms with Crippen LogP contribution in [0.25, 0.3) is 0 Å². The van der Waals surface area contributed by atoms with Gasteiger partial charge in [-0.1, -0.05) is 6.42 Å². The lowest BCUT2D eigenvalue weighted by molar-refractivity contribution is -0.384. The molecule has 1 aliphatic heterocycles. The molecule has 1 aliphatic carbocycles. The van der Waals surface area contributed by atoms with Crippen LogP contribution in [-0.2, 0) is 0 Å². The van der Waals surface area contributed by atoms with Gasteiger partial charge in [-0.15, -0.1) is 0 Å². The summed E-state index contributed by atoms with van der Waals surface area (Å²) >= 11 is 0. The normalized spacial score (nSPS) is 17.8. The van der Waals surface area contributed by atoms with Gasteiger partial charge >= 0.3 is 0 Å². The fraction of sp³-hybridized carbons (Fsp3) is 0.300. The Bertz CT molecular complexity index is 1100. The van der Waals surface area contributed by atoms with Crippen molar-refractivity contribution in [3.63, 3.8) is 0 Å². The van der Waals surface area contributed by atoms with Gasteiger partial charge in [-0.05, 0) is 37.8 Å². The van der Waals surface area contributed by atoms with Crippen molar-refractivity contribution in [3.8, 4) is 11.5 Å². The van der Waals surface area contributed by atoms with Crippen molar-refractivity contribution in [2.24, 2.45) is 21.5 Å². The Labute approximate surface area is 176 Å². The number of aliphatic imine (C=N–C) groups is 2. The minimum atomic E-state index is -0.937. The lowest BCUT2D eigenvalue weighted by Gasteiger charge is -2.45. The van der Waals surface area contributed by atoms with Crippen LogP contribution in [-0.4, -0.2) is 22.5 Å². The Morgan fingerprint density at radius 2 is 1.84 bits per heavy atom. The van der Waals surface area contributed by atoms with Crippen LogP contribution in [0, 0.1) is 21.7 Å². The molecule has 2 aromatic carbocycles.